The summed E-state index contributed by atoms with van der Waals surface area (Å²) in [5, 5.41) is 0. The number of carbonyl (C=O) groups is 1. The summed E-state index contributed by atoms with van der Waals surface area (Å²) in [5.74, 6) is -0.197. The smallest absolute Gasteiger partial charge is 0.232 e. The van der Waals surface area contributed by atoms with Gasteiger partial charge in [0, 0.05) is 13.1 Å². The maximum Gasteiger partial charge on any atom is 0.232 e. The molecule has 15 heavy (non-hydrogen) atoms. The predicted octanol–water partition coefficient (Wildman–Crippen LogP) is 1.95. The number of thiocarbonyl (C=S) groups is 1. The van der Waals surface area contributed by atoms with Gasteiger partial charge < -0.3 is 10.6 Å². The first kappa shape index (κ1) is 14.4. The second kappa shape index (κ2) is 7.63. The molecule has 0 spiro atoms. The summed E-state index contributed by atoms with van der Waals surface area (Å²) in [6, 6.07) is 0. The Morgan fingerprint density at radius 1 is 1.40 bits per heavy atom. The molecular weight excluding hydrogens is 208 g/mol. The van der Waals surface area contributed by atoms with Crippen LogP contribution in [0.15, 0.2) is 0 Å². The molecule has 0 aliphatic heterocycles. The summed E-state index contributed by atoms with van der Waals surface area (Å²) < 4.78 is 0. The van der Waals surface area contributed by atoms with Crippen molar-refractivity contribution in [1.82, 2.24) is 4.90 Å². The standard InChI is InChI=1S/C11H22N2OS/c1-4-7-8-13(6-3)11(14)9(5-2)10(12)15/h9H,4-8H2,1-3H3,(H2,12,15). The summed E-state index contributed by atoms with van der Waals surface area (Å²) in [7, 11) is 0. The van der Waals surface area contributed by atoms with Gasteiger partial charge in [-0.05, 0) is 19.8 Å². The average Bonchev–Trinajstić information content (AvgIpc) is 2.19. The van der Waals surface area contributed by atoms with Crippen molar-refractivity contribution < 1.29 is 4.79 Å². The summed E-state index contributed by atoms with van der Waals surface area (Å²) in [5.41, 5.74) is 5.55. The van der Waals surface area contributed by atoms with Crippen molar-refractivity contribution in [3.63, 3.8) is 0 Å². The number of unbranched alkanes of at least 4 members (excludes halogenated alkanes) is 1. The van der Waals surface area contributed by atoms with Crippen molar-refractivity contribution >= 4 is 23.1 Å². The number of carbonyl (C=O) groups excluding carboxylic acids is 1. The number of nitrogens with two attached hydrogens (primary N) is 1. The predicted molar refractivity (Wildman–Crippen MR) is 67.7 cm³/mol. The van der Waals surface area contributed by atoms with E-state index in [0.29, 0.717) is 11.4 Å². The van der Waals surface area contributed by atoms with E-state index < -0.39 is 0 Å². The first-order chi connectivity index (χ1) is 7.08. The topological polar surface area (TPSA) is 46.3 Å². The Bertz CT molecular complexity index is 219. The van der Waals surface area contributed by atoms with Crippen LogP contribution in [-0.4, -0.2) is 28.9 Å². The second-order valence-corrected chi connectivity index (χ2v) is 4.11. The van der Waals surface area contributed by atoms with Gasteiger partial charge in [-0.25, -0.2) is 0 Å². The fourth-order valence-corrected chi connectivity index (χ4v) is 1.76. The molecule has 0 aromatic carbocycles. The van der Waals surface area contributed by atoms with Crippen LogP contribution in [0.3, 0.4) is 0 Å². The van der Waals surface area contributed by atoms with Gasteiger partial charge >= 0.3 is 0 Å². The quantitative estimate of drug-likeness (QED) is 0.680. The van der Waals surface area contributed by atoms with E-state index in [1.165, 1.54) is 0 Å². The summed E-state index contributed by atoms with van der Waals surface area (Å²) in [4.78, 5) is 14.2. The zero-order valence-corrected chi connectivity index (χ0v) is 10.8. The number of nitrogens with zero attached hydrogens (tertiary/aromatic N) is 1. The van der Waals surface area contributed by atoms with Gasteiger partial charge in [-0.1, -0.05) is 32.5 Å². The minimum atomic E-state index is -0.281. The zero-order valence-electron chi connectivity index (χ0n) is 9.95. The van der Waals surface area contributed by atoms with Crippen LogP contribution in [0, 0.1) is 5.92 Å². The summed E-state index contributed by atoms with van der Waals surface area (Å²) in [6.45, 7) is 7.58. The van der Waals surface area contributed by atoms with Gasteiger partial charge in [0.15, 0.2) is 0 Å². The molecule has 2 N–H and O–H groups in total. The lowest BCUT2D eigenvalue weighted by atomic mass is 10.0. The lowest BCUT2D eigenvalue weighted by molar-refractivity contribution is -0.133. The first-order valence-corrected chi connectivity index (χ1v) is 6.07. The highest BCUT2D eigenvalue weighted by molar-refractivity contribution is 7.80. The third-order valence-corrected chi connectivity index (χ3v) is 2.81. The summed E-state index contributed by atoms with van der Waals surface area (Å²) >= 11 is 4.90. The second-order valence-electron chi connectivity index (χ2n) is 3.63. The Kier molecular flexibility index (Phi) is 7.30. The van der Waals surface area contributed by atoms with E-state index >= 15 is 0 Å². The number of amides is 1. The van der Waals surface area contributed by atoms with Gasteiger partial charge in [0.1, 0.15) is 0 Å². The lowest BCUT2D eigenvalue weighted by Crippen LogP contribution is -2.41. The van der Waals surface area contributed by atoms with Gasteiger partial charge in [0.2, 0.25) is 5.91 Å². The van der Waals surface area contributed by atoms with E-state index in [4.69, 9.17) is 18.0 Å². The largest absolute Gasteiger partial charge is 0.393 e. The highest BCUT2D eigenvalue weighted by Crippen LogP contribution is 2.09. The Morgan fingerprint density at radius 3 is 2.33 bits per heavy atom. The minimum Gasteiger partial charge on any atom is -0.393 e. The van der Waals surface area contributed by atoms with Crippen LogP contribution in [0.5, 0.6) is 0 Å². The molecule has 0 heterocycles. The maximum absolute atomic E-state index is 12.0. The van der Waals surface area contributed by atoms with Gasteiger partial charge in [-0.2, -0.15) is 0 Å². The van der Waals surface area contributed by atoms with Crippen molar-refractivity contribution in [3.8, 4) is 0 Å². The fraction of sp³-hybridized carbons (Fsp3) is 0.818. The van der Waals surface area contributed by atoms with E-state index in [1.807, 2.05) is 18.7 Å². The highest BCUT2D eigenvalue weighted by Gasteiger charge is 2.23. The van der Waals surface area contributed by atoms with Gasteiger partial charge in [-0.3, -0.25) is 4.79 Å². The molecule has 0 rings (SSSR count). The monoisotopic (exact) mass is 230 g/mol. The van der Waals surface area contributed by atoms with Gasteiger partial charge in [-0.15, -0.1) is 0 Å². The van der Waals surface area contributed by atoms with Crippen LogP contribution < -0.4 is 5.73 Å². The van der Waals surface area contributed by atoms with E-state index in [2.05, 4.69) is 6.92 Å². The Labute approximate surface area is 98.0 Å². The molecule has 1 amide bonds. The molecule has 0 aromatic heterocycles. The molecule has 0 radical (unpaired) electrons. The summed E-state index contributed by atoms with van der Waals surface area (Å²) in [6.07, 6.45) is 2.82. The Hall–Kier alpha value is -0.640. The van der Waals surface area contributed by atoms with Gasteiger partial charge in [0.25, 0.3) is 0 Å². The van der Waals surface area contributed by atoms with Crippen LogP contribution in [0.25, 0.3) is 0 Å². The van der Waals surface area contributed by atoms with E-state index in [0.717, 1.165) is 25.9 Å². The molecule has 0 aromatic rings. The number of hydrogen-bond acceptors (Lipinski definition) is 2. The van der Waals surface area contributed by atoms with Crippen LogP contribution in [0.4, 0.5) is 0 Å². The number of hydrogen-bond donors (Lipinski definition) is 1. The molecule has 0 saturated carbocycles. The van der Waals surface area contributed by atoms with Crippen LogP contribution in [0.1, 0.15) is 40.0 Å². The van der Waals surface area contributed by atoms with Crippen molar-refractivity contribution in [3.05, 3.63) is 0 Å². The van der Waals surface area contributed by atoms with Crippen LogP contribution in [0.2, 0.25) is 0 Å². The Morgan fingerprint density at radius 2 is 2.00 bits per heavy atom. The molecular formula is C11H22N2OS. The van der Waals surface area contributed by atoms with Crippen molar-refractivity contribution in [2.24, 2.45) is 11.7 Å². The highest BCUT2D eigenvalue weighted by atomic mass is 32.1. The fourth-order valence-electron chi connectivity index (χ4n) is 1.49. The molecule has 1 unspecified atom stereocenters. The normalized spacial score (nSPS) is 12.2. The van der Waals surface area contributed by atoms with Crippen LogP contribution >= 0.6 is 12.2 Å². The SMILES string of the molecule is CCCCN(CC)C(=O)C(CC)C(N)=S. The van der Waals surface area contributed by atoms with E-state index in [9.17, 15) is 4.79 Å². The number of rotatable bonds is 7. The van der Waals surface area contributed by atoms with Crippen molar-refractivity contribution in [2.75, 3.05) is 13.1 Å². The van der Waals surface area contributed by atoms with E-state index in [1.54, 1.807) is 0 Å². The van der Waals surface area contributed by atoms with Gasteiger partial charge in [0.05, 0.1) is 10.9 Å². The first-order valence-electron chi connectivity index (χ1n) is 5.66. The lowest BCUT2D eigenvalue weighted by Gasteiger charge is -2.25. The third-order valence-electron chi connectivity index (χ3n) is 2.52. The van der Waals surface area contributed by atoms with Crippen molar-refractivity contribution in [1.29, 1.82) is 0 Å². The minimum absolute atomic E-state index is 0.0842. The zero-order chi connectivity index (χ0) is 11.8. The molecule has 3 nitrogen and oxygen atoms in total. The molecule has 1 atom stereocenters. The molecule has 0 fully saturated rings. The molecule has 0 aliphatic carbocycles. The maximum atomic E-state index is 12.0. The molecule has 88 valence electrons. The van der Waals surface area contributed by atoms with E-state index in [-0.39, 0.29) is 11.8 Å². The third kappa shape index (κ3) is 4.60. The van der Waals surface area contributed by atoms with Crippen LogP contribution in [-0.2, 0) is 4.79 Å². The van der Waals surface area contributed by atoms with Crippen molar-refractivity contribution in [2.45, 2.75) is 40.0 Å². The molecule has 0 aliphatic rings. The molecule has 0 bridgehead atoms. The Balaban J connectivity index is 4.40. The molecule has 4 heteroatoms. The molecule has 0 saturated heterocycles. The average molecular weight is 230 g/mol.